The van der Waals surface area contributed by atoms with E-state index < -0.39 is 17.9 Å². The highest BCUT2D eigenvalue weighted by molar-refractivity contribution is 7.98. The third kappa shape index (κ3) is 8.08. The van der Waals surface area contributed by atoms with E-state index in [1.165, 1.54) is 7.11 Å². The Kier molecular flexibility index (Phi) is 10.7. The molecule has 0 spiro atoms. The Balaban J connectivity index is 2.14. The second kappa shape index (κ2) is 13.2. The van der Waals surface area contributed by atoms with Crippen LogP contribution in [-0.2, 0) is 20.7 Å². The fraction of sp³-hybridized carbons (Fsp3) is 0.409. The summed E-state index contributed by atoms with van der Waals surface area (Å²) in [6, 6.07) is 12.6. The van der Waals surface area contributed by atoms with Crippen LogP contribution in [0, 0.1) is 0 Å². The first-order valence-corrected chi connectivity index (χ1v) is 11.9. The lowest BCUT2D eigenvalue weighted by atomic mass is 10.1. The lowest BCUT2D eigenvalue weighted by Crippen LogP contribution is -2.44. The molecule has 1 heterocycles. The van der Waals surface area contributed by atoms with E-state index in [0.717, 1.165) is 16.8 Å². The van der Waals surface area contributed by atoms with Crippen molar-refractivity contribution in [3.8, 4) is 17.1 Å². The number of hydrogen-bond donors (Lipinski definition) is 3. The molecule has 1 aromatic carbocycles. The number of carbonyl (C=O) groups excluding carboxylic acids is 2. The molecule has 0 aliphatic rings. The first kappa shape index (κ1) is 25.0. The molecule has 3 N–H and O–H groups in total. The van der Waals surface area contributed by atoms with Crippen molar-refractivity contribution in [3.05, 3.63) is 48.0 Å². The van der Waals surface area contributed by atoms with E-state index in [9.17, 15) is 9.59 Å². The van der Waals surface area contributed by atoms with Gasteiger partial charge in [-0.1, -0.05) is 36.4 Å². The van der Waals surface area contributed by atoms with Gasteiger partial charge in [0, 0.05) is 22.9 Å². The van der Waals surface area contributed by atoms with E-state index in [4.69, 9.17) is 15.2 Å². The third-order valence-electron chi connectivity index (χ3n) is 4.50. The van der Waals surface area contributed by atoms with E-state index in [1.54, 1.807) is 11.8 Å². The second-order valence-corrected chi connectivity index (χ2v) is 8.24. The number of pyridine rings is 1. The van der Waals surface area contributed by atoms with Crippen molar-refractivity contribution in [2.45, 2.75) is 24.9 Å². The van der Waals surface area contributed by atoms with Crippen molar-refractivity contribution >= 4 is 36.3 Å². The quantitative estimate of drug-likeness (QED) is 0.328. The van der Waals surface area contributed by atoms with Crippen LogP contribution in [0.3, 0.4) is 0 Å². The monoisotopic (exact) mass is 463 g/mol. The number of thioether (sulfide) groups is 1. The molecule has 1 aromatic heterocycles. The number of carbonyl (C=O) groups is 2. The fourth-order valence-corrected chi connectivity index (χ4v) is 3.46. The van der Waals surface area contributed by atoms with Crippen LogP contribution in [0.5, 0.6) is 5.88 Å². The predicted octanol–water partition coefficient (Wildman–Crippen LogP) is 2.34. The predicted molar refractivity (Wildman–Crippen MR) is 128 cm³/mol. The largest absolute Gasteiger partial charge is 0.467 e. The molecule has 0 bridgehead atoms. The second-order valence-electron chi connectivity index (χ2n) is 6.89. The third-order valence-corrected chi connectivity index (χ3v) is 5.61. The maximum Gasteiger partial charge on any atom is 0.328 e. The van der Waals surface area contributed by atoms with Crippen LogP contribution in [0.2, 0.25) is 0 Å². The smallest absolute Gasteiger partial charge is 0.328 e. The zero-order chi connectivity index (χ0) is 22.6. The minimum absolute atomic E-state index is 0.167. The minimum atomic E-state index is -0.714. The van der Waals surface area contributed by atoms with E-state index in [1.807, 2.05) is 48.7 Å². The van der Waals surface area contributed by atoms with E-state index in [0.29, 0.717) is 30.2 Å². The van der Waals surface area contributed by atoms with Crippen LogP contribution < -0.4 is 15.8 Å². The van der Waals surface area contributed by atoms with Gasteiger partial charge in [-0.3, -0.25) is 4.79 Å². The van der Waals surface area contributed by atoms with Gasteiger partial charge in [-0.15, -0.1) is 0 Å². The summed E-state index contributed by atoms with van der Waals surface area (Å²) in [6.07, 6.45) is 2.92. The van der Waals surface area contributed by atoms with Crippen molar-refractivity contribution in [1.29, 1.82) is 0 Å². The Hall–Kier alpha value is -2.23. The zero-order valence-corrected chi connectivity index (χ0v) is 19.5. The van der Waals surface area contributed by atoms with Gasteiger partial charge in [0.15, 0.2) is 6.61 Å². The molecule has 0 aliphatic carbocycles. The minimum Gasteiger partial charge on any atom is -0.467 e. The first-order valence-electron chi connectivity index (χ1n) is 9.89. The number of ether oxygens (including phenoxy) is 2. The number of nitrogens with zero attached hydrogens (tertiary/aromatic N) is 1. The summed E-state index contributed by atoms with van der Waals surface area (Å²) < 4.78 is 10.5. The lowest BCUT2D eigenvalue weighted by Gasteiger charge is -2.17. The highest BCUT2D eigenvalue weighted by atomic mass is 32.2. The number of methoxy groups -OCH3 is 1. The molecule has 2 unspecified atom stereocenters. The average molecular weight is 464 g/mol. The van der Waals surface area contributed by atoms with Crippen LogP contribution in [0.1, 0.15) is 12.0 Å². The molecule has 0 aliphatic heterocycles. The molecule has 7 nitrogen and oxygen atoms in total. The van der Waals surface area contributed by atoms with Crippen molar-refractivity contribution in [3.63, 3.8) is 0 Å². The average Bonchev–Trinajstić information content (AvgIpc) is 2.80. The highest BCUT2D eigenvalue weighted by Crippen LogP contribution is 2.24. The van der Waals surface area contributed by atoms with Crippen LogP contribution in [0.15, 0.2) is 42.5 Å². The molecule has 0 saturated heterocycles. The molecule has 1 amide bonds. The number of rotatable bonds is 12. The Morgan fingerprint density at radius 1 is 1.23 bits per heavy atom. The molecule has 31 heavy (non-hydrogen) atoms. The normalized spacial score (nSPS) is 12.6. The number of nitrogens with two attached hydrogens (primary N) is 1. The number of hydrogen-bond acceptors (Lipinski definition) is 8. The van der Waals surface area contributed by atoms with Crippen molar-refractivity contribution in [1.82, 2.24) is 10.3 Å². The molecule has 2 aromatic rings. The summed E-state index contributed by atoms with van der Waals surface area (Å²) in [5, 5.41) is 2.67. The van der Waals surface area contributed by atoms with Gasteiger partial charge in [-0.05, 0) is 30.9 Å². The molecule has 0 radical (unpaired) electrons. The molecular formula is C22H29N3O4S2. The van der Waals surface area contributed by atoms with Crippen LogP contribution in [0.4, 0.5) is 0 Å². The number of amides is 1. The standard InChI is InChI=1S/C22H29N3O4S2/c1-28-22(27)19(10-11-31-2)24-20(26)13-29-21-16(12-17(23)14-30)8-9-18(25-21)15-6-4-3-5-7-15/h3-9,17,19,30H,10-14,23H2,1-2H3,(H,24,26). The molecule has 2 rings (SSSR count). The maximum absolute atomic E-state index is 12.4. The number of nitrogens with one attached hydrogen (secondary N) is 1. The Morgan fingerprint density at radius 3 is 2.61 bits per heavy atom. The van der Waals surface area contributed by atoms with Crippen molar-refractivity contribution in [2.75, 3.05) is 31.5 Å². The summed E-state index contributed by atoms with van der Waals surface area (Å²) in [6.45, 7) is -0.277. The topological polar surface area (TPSA) is 104 Å². The van der Waals surface area contributed by atoms with Crippen LogP contribution in [0.25, 0.3) is 11.3 Å². The number of thiol groups is 1. The van der Waals surface area contributed by atoms with Crippen molar-refractivity contribution in [2.24, 2.45) is 5.73 Å². The molecule has 168 valence electrons. The molecule has 2 atom stereocenters. The van der Waals surface area contributed by atoms with E-state index >= 15 is 0 Å². The summed E-state index contributed by atoms with van der Waals surface area (Å²) in [5.41, 5.74) is 8.50. The zero-order valence-electron chi connectivity index (χ0n) is 17.7. The SMILES string of the molecule is COC(=O)C(CCSC)NC(=O)COc1nc(-c2ccccc2)ccc1CC(N)CS. The Labute approximate surface area is 192 Å². The molecule has 9 heteroatoms. The number of esters is 1. The van der Waals surface area contributed by atoms with Crippen LogP contribution in [-0.4, -0.2) is 60.4 Å². The van der Waals surface area contributed by atoms with Gasteiger partial charge in [-0.2, -0.15) is 24.4 Å². The molecular weight excluding hydrogens is 434 g/mol. The van der Waals surface area contributed by atoms with Gasteiger partial charge in [0.1, 0.15) is 6.04 Å². The van der Waals surface area contributed by atoms with Gasteiger partial charge >= 0.3 is 5.97 Å². The number of benzene rings is 1. The fourth-order valence-electron chi connectivity index (χ4n) is 2.86. The summed E-state index contributed by atoms with van der Waals surface area (Å²) in [7, 11) is 1.30. The Morgan fingerprint density at radius 2 is 1.97 bits per heavy atom. The maximum atomic E-state index is 12.4. The van der Waals surface area contributed by atoms with E-state index in [2.05, 4.69) is 22.9 Å². The molecule has 0 saturated carbocycles. The lowest BCUT2D eigenvalue weighted by molar-refractivity contribution is -0.145. The summed E-state index contributed by atoms with van der Waals surface area (Å²) in [4.78, 5) is 29.0. The summed E-state index contributed by atoms with van der Waals surface area (Å²) in [5.74, 6) is 0.664. The summed E-state index contributed by atoms with van der Waals surface area (Å²) >= 11 is 5.83. The van der Waals surface area contributed by atoms with Gasteiger partial charge in [0.2, 0.25) is 5.88 Å². The number of aromatic nitrogens is 1. The highest BCUT2D eigenvalue weighted by Gasteiger charge is 2.22. The van der Waals surface area contributed by atoms with Crippen LogP contribution >= 0.6 is 24.4 Å². The van der Waals surface area contributed by atoms with Gasteiger partial charge in [0.25, 0.3) is 5.91 Å². The Bertz CT molecular complexity index is 852. The molecule has 0 fully saturated rings. The van der Waals surface area contributed by atoms with E-state index in [-0.39, 0.29) is 12.6 Å². The van der Waals surface area contributed by atoms with Gasteiger partial charge < -0.3 is 20.5 Å². The van der Waals surface area contributed by atoms with Gasteiger partial charge in [-0.25, -0.2) is 9.78 Å². The van der Waals surface area contributed by atoms with Crippen molar-refractivity contribution < 1.29 is 19.1 Å². The first-order chi connectivity index (χ1) is 15.0. The van der Waals surface area contributed by atoms with Gasteiger partial charge in [0.05, 0.1) is 12.8 Å².